The second-order valence-corrected chi connectivity index (χ2v) is 2.09. The Balaban J connectivity index is 3.17. The summed E-state index contributed by atoms with van der Waals surface area (Å²) >= 11 is 0. The summed E-state index contributed by atoms with van der Waals surface area (Å²) in [5.74, 6) is 0.790. The topological polar surface area (TPSA) is 25.8 Å². The van der Waals surface area contributed by atoms with E-state index in [0.717, 1.165) is 17.1 Å². The molecule has 0 aliphatic carbocycles. The van der Waals surface area contributed by atoms with Crippen LogP contribution in [0.3, 0.4) is 0 Å². The summed E-state index contributed by atoms with van der Waals surface area (Å²) < 4.78 is 0. The first-order valence-corrected chi connectivity index (χ1v) is 2.89. The van der Waals surface area contributed by atoms with Crippen molar-refractivity contribution in [3.63, 3.8) is 0 Å². The summed E-state index contributed by atoms with van der Waals surface area (Å²) in [7, 11) is 0. The third kappa shape index (κ3) is 1.25. The Labute approximate surface area is 55.0 Å². The van der Waals surface area contributed by atoms with Gasteiger partial charge in [-0.3, -0.25) is 0 Å². The van der Waals surface area contributed by atoms with Crippen molar-refractivity contribution in [3.8, 4) is 0 Å². The van der Waals surface area contributed by atoms with Crippen LogP contribution in [0.15, 0.2) is 0 Å². The molecule has 0 atom stereocenters. The Hall–Kier alpha value is -0.920. The van der Waals surface area contributed by atoms with E-state index in [4.69, 9.17) is 0 Å². The number of aromatic nitrogens is 2. The van der Waals surface area contributed by atoms with Crippen molar-refractivity contribution < 1.29 is 0 Å². The van der Waals surface area contributed by atoms with E-state index in [9.17, 15) is 0 Å². The monoisotopic (exact) mass is 121 g/mol. The van der Waals surface area contributed by atoms with Gasteiger partial charge in [-0.1, -0.05) is 0 Å². The van der Waals surface area contributed by atoms with Crippen LogP contribution in [0.25, 0.3) is 0 Å². The Morgan fingerprint density at radius 3 is 2.33 bits per heavy atom. The van der Waals surface area contributed by atoms with E-state index in [0.29, 0.717) is 0 Å². The minimum absolute atomic E-state index is 0.790. The van der Waals surface area contributed by atoms with Gasteiger partial charge in [0, 0.05) is 5.69 Å². The molecule has 0 aromatic carbocycles. The van der Waals surface area contributed by atoms with Crippen molar-refractivity contribution in [2.75, 3.05) is 0 Å². The van der Waals surface area contributed by atoms with Crippen LogP contribution in [0.1, 0.15) is 17.1 Å². The molecular formula is C7H9N2. The molecule has 2 heteroatoms. The van der Waals surface area contributed by atoms with E-state index in [1.807, 2.05) is 20.8 Å². The van der Waals surface area contributed by atoms with Gasteiger partial charge in [-0.2, -0.15) is 0 Å². The van der Waals surface area contributed by atoms with Crippen LogP contribution in [-0.4, -0.2) is 9.97 Å². The molecule has 0 spiro atoms. The normalized spacial score (nSPS) is 9.67. The molecule has 0 aliphatic rings. The molecule has 1 rings (SSSR count). The fourth-order valence-electron chi connectivity index (χ4n) is 0.597. The highest BCUT2D eigenvalue weighted by Crippen LogP contribution is 1.98. The highest BCUT2D eigenvalue weighted by molar-refractivity contribution is 5.11. The number of rotatable bonds is 0. The quantitative estimate of drug-likeness (QED) is 0.515. The Bertz CT molecular complexity index is 218. The van der Waals surface area contributed by atoms with Gasteiger partial charge in [-0.15, -0.1) is 0 Å². The van der Waals surface area contributed by atoms with E-state index >= 15 is 0 Å². The zero-order chi connectivity index (χ0) is 6.85. The summed E-state index contributed by atoms with van der Waals surface area (Å²) in [6, 6.07) is 0. The molecule has 1 aromatic heterocycles. The van der Waals surface area contributed by atoms with Gasteiger partial charge in [0.25, 0.3) is 0 Å². The molecule has 1 aromatic rings. The minimum Gasteiger partial charge on any atom is -0.238 e. The number of hydrogen-bond donors (Lipinski definition) is 0. The highest BCUT2D eigenvalue weighted by atomic mass is 14.9. The average Bonchev–Trinajstić information content (AvgIpc) is 1.80. The molecule has 0 bridgehead atoms. The van der Waals surface area contributed by atoms with E-state index in [1.54, 1.807) is 0 Å². The molecule has 1 radical (unpaired) electrons. The summed E-state index contributed by atoms with van der Waals surface area (Å²) in [5.41, 5.74) is 2.04. The maximum Gasteiger partial charge on any atom is 0.126 e. The Morgan fingerprint density at radius 2 is 1.89 bits per heavy atom. The maximum absolute atomic E-state index is 4.13. The van der Waals surface area contributed by atoms with E-state index < -0.39 is 0 Å². The lowest BCUT2D eigenvalue weighted by atomic mass is 10.3. The molecule has 0 amide bonds. The molecule has 47 valence electrons. The van der Waals surface area contributed by atoms with Crippen molar-refractivity contribution in [3.05, 3.63) is 23.3 Å². The van der Waals surface area contributed by atoms with E-state index in [1.165, 1.54) is 0 Å². The Kier molecular flexibility index (Phi) is 1.47. The molecular weight excluding hydrogens is 112 g/mol. The van der Waals surface area contributed by atoms with Crippen molar-refractivity contribution in [1.82, 2.24) is 9.97 Å². The van der Waals surface area contributed by atoms with Gasteiger partial charge in [0.1, 0.15) is 5.82 Å². The summed E-state index contributed by atoms with van der Waals surface area (Å²) in [5, 5.41) is 0. The summed E-state index contributed by atoms with van der Waals surface area (Å²) in [6.45, 7) is 5.78. The number of aryl methyl sites for hydroxylation is 3. The van der Waals surface area contributed by atoms with Gasteiger partial charge in [-0.05, 0) is 26.3 Å². The van der Waals surface area contributed by atoms with Crippen LogP contribution >= 0.6 is 0 Å². The lowest BCUT2D eigenvalue weighted by Crippen LogP contribution is -1.92. The van der Waals surface area contributed by atoms with Crippen LogP contribution < -0.4 is 0 Å². The average molecular weight is 121 g/mol. The third-order valence-electron chi connectivity index (χ3n) is 1.26. The molecule has 0 unspecified atom stereocenters. The molecule has 0 N–H and O–H groups in total. The first-order chi connectivity index (χ1) is 4.20. The fourth-order valence-corrected chi connectivity index (χ4v) is 0.597. The number of hydrogen-bond acceptors (Lipinski definition) is 2. The first kappa shape index (κ1) is 6.20. The zero-order valence-corrected chi connectivity index (χ0v) is 5.89. The van der Waals surface area contributed by atoms with Crippen LogP contribution in [0.2, 0.25) is 0 Å². The van der Waals surface area contributed by atoms with Gasteiger partial charge in [-0.25, -0.2) is 9.97 Å². The van der Waals surface area contributed by atoms with E-state index in [-0.39, 0.29) is 0 Å². The van der Waals surface area contributed by atoms with Crippen molar-refractivity contribution in [2.45, 2.75) is 20.8 Å². The fraction of sp³-hybridized carbons (Fsp3) is 0.429. The lowest BCUT2D eigenvalue weighted by Gasteiger charge is -1.95. The molecule has 0 fully saturated rings. The molecule has 0 saturated heterocycles. The van der Waals surface area contributed by atoms with Gasteiger partial charge >= 0.3 is 0 Å². The second kappa shape index (κ2) is 2.13. The third-order valence-corrected chi connectivity index (χ3v) is 1.26. The van der Waals surface area contributed by atoms with Crippen LogP contribution in [-0.2, 0) is 0 Å². The second-order valence-electron chi connectivity index (χ2n) is 2.09. The molecule has 1 heterocycles. The summed E-state index contributed by atoms with van der Waals surface area (Å²) in [4.78, 5) is 8.03. The van der Waals surface area contributed by atoms with Crippen LogP contribution in [0, 0.1) is 27.0 Å². The van der Waals surface area contributed by atoms with E-state index in [2.05, 4.69) is 16.2 Å². The largest absolute Gasteiger partial charge is 0.238 e. The van der Waals surface area contributed by atoms with Crippen LogP contribution in [0.5, 0.6) is 0 Å². The SMILES string of the molecule is Cc1n[c]c(C)c(C)n1. The van der Waals surface area contributed by atoms with Gasteiger partial charge in [0.2, 0.25) is 0 Å². The minimum atomic E-state index is 0.790. The lowest BCUT2D eigenvalue weighted by molar-refractivity contribution is 0.979. The Morgan fingerprint density at radius 1 is 1.22 bits per heavy atom. The van der Waals surface area contributed by atoms with Crippen molar-refractivity contribution in [1.29, 1.82) is 0 Å². The van der Waals surface area contributed by atoms with Crippen LogP contribution in [0.4, 0.5) is 0 Å². The standard InChI is InChI=1S/C7H9N2/c1-5-4-8-7(3)9-6(5)2/h1-3H3. The zero-order valence-electron chi connectivity index (χ0n) is 5.89. The predicted molar refractivity (Wildman–Crippen MR) is 35.1 cm³/mol. The van der Waals surface area contributed by atoms with Crippen molar-refractivity contribution in [2.24, 2.45) is 0 Å². The summed E-state index contributed by atoms with van der Waals surface area (Å²) in [6.07, 6.45) is 2.86. The maximum atomic E-state index is 4.13. The van der Waals surface area contributed by atoms with Crippen molar-refractivity contribution >= 4 is 0 Å². The molecule has 2 nitrogen and oxygen atoms in total. The van der Waals surface area contributed by atoms with Gasteiger partial charge < -0.3 is 0 Å². The smallest absolute Gasteiger partial charge is 0.126 e. The molecule has 0 saturated carbocycles. The first-order valence-electron chi connectivity index (χ1n) is 2.89. The highest BCUT2D eigenvalue weighted by Gasteiger charge is 1.92. The molecule has 9 heavy (non-hydrogen) atoms. The van der Waals surface area contributed by atoms with Gasteiger partial charge in [0.15, 0.2) is 0 Å². The number of nitrogens with zero attached hydrogens (tertiary/aromatic N) is 2. The predicted octanol–water partition coefficient (Wildman–Crippen LogP) is 1.20. The molecule has 0 aliphatic heterocycles. The van der Waals surface area contributed by atoms with Gasteiger partial charge in [0.05, 0.1) is 6.20 Å².